The van der Waals surface area contributed by atoms with Gasteiger partial charge in [0.05, 0.1) is 21.8 Å². The Morgan fingerprint density at radius 3 is 1.45 bits per heavy atom. The summed E-state index contributed by atoms with van der Waals surface area (Å²) in [5, 5.41) is 0. The molecule has 0 fully saturated rings. The Bertz CT molecular complexity index is 732. The van der Waals surface area contributed by atoms with Crippen molar-refractivity contribution in [1.82, 2.24) is 0 Å². The average molecular weight is 324 g/mol. The van der Waals surface area contributed by atoms with Crippen molar-refractivity contribution < 1.29 is 0 Å². The molecule has 2 aliphatic heterocycles. The predicted molar refractivity (Wildman–Crippen MR) is 100 cm³/mol. The molecular formula is C18H16N2S2. The van der Waals surface area contributed by atoms with Crippen molar-refractivity contribution in [3.8, 4) is 0 Å². The number of likely N-dealkylation sites (N-methyl/N-ethyl adjacent to an activating group) is 2. The van der Waals surface area contributed by atoms with Gasteiger partial charge in [-0.2, -0.15) is 0 Å². The molecule has 2 nitrogen and oxygen atoms in total. The van der Waals surface area contributed by atoms with Crippen LogP contribution in [0.25, 0.3) is 0 Å². The van der Waals surface area contributed by atoms with E-state index in [1.165, 1.54) is 22.5 Å². The zero-order valence-corrected chi connectivity index (χ0v) is 14.1. The first kappa shape index (κ1) is 13.9. The quantitative estimate of drug-likeness (QED) is 0.728. The predicted octanol–water partition coefficient (Wildman–Crippen LogP) is 4.11. The average Bonchev–Trinajstić information content (AvgIpc) is 2.94. The molecule has 0 spiro atoms. The molecule has 2 aromatic carbocycles. The standard InChI is InChI=1S/C18H16N2S2/c1-19-13-9-5-3-7-11(13)15(17(19)21)16-12-8-4-6-10-14(12)20(2)18(16)22/h3-10,15-16H,1-2H3/t15-,16-/m0/s1. The van der Waals surface area contributed by atoms with E-state index in [-0.39, 0.29) is 11.8 Å². The van der Waals surface area contributed by atoms with Crippen molar-refractivity contribution in [2.75, 3.05) is 23.9 Å². The fraction of sp³-hybridized carbons (Fsp3) is 0.222. The molecule has 2 atom stereocenters. The summed E-state index contributed by atoms with van der Waals surface area (Å²) in [4.78, 5) is 6.16. The number of anilines is 2. The molecule has 0 aromatic heterocycles. The van der Waals surface area contributed by atoms with Gasteiger partial charge in [0.25, 0.3) is 0 Å². The minimum Gasteiger partial charge on any atom is -0.338 e. The van der Waals surface area contributed by atoms with Gasteiger partial charge in [-0.05, 0) is 23.3 Å². The lowest BCUT2D eigenvalue weighted by atomic mass is 9.83. The van der Waals surface area contributed by atoms with Crippen LogP contribution in [-0.2, 0) is 0 Å². The first-order chi connectivity index (χ1) is 10.6. The summed E-state index contributed by atoms with van der Waals surface area (Å²) in [6, 6.07) is 16.9. The molecule has 0 unspecified atom stereocenters. The van der Waals surface area contributed by atoms with E-state index in [1.807, 2.05) is 0 Å². The Kier molecular flexibility index (Phi) is 3.06. The van der Waals surface area contributed by atoms with E-state index >= 15 is 0 Å². The van der Waals surface area contributed by atoms with Gasteiger partial charge in [-0.1, -0.05) is 60.8 Å². The van der Waals surface area contributed by atoms with Gasteiger partial charge in [0.15, 0.2) is 0 Å². The van der Waals surface area contributed by atoms with Crippen LogP contribution in [-0.4, -0.2) is 24.1 Å². The maximum atomic E-state index is 5.77. The lowest BCUT2D eigenvalue weighted by Gasteiger charge is -2.22. The summed E-state index contributed by atoms with van der Waals surface area (Å²) in [6.45, 7) is 0. The molecule has 0 radical (unpaired) electrons. The molecule has 0 saturated carbocycles. The Hall–Kier alpha value is -1.78. The zero-order chi connectivity index (χ0) is 15.4. The third kappa shape index (κ3) is 1.71. The smallest absolute Gasteiger partial charge is 0.0908 e. The van der Waals surface area contributed by atoms with E-state index < -0.39 is 0 Å². The maximum Gasteiger partial charge on any atom is 0.0908 e. The molecule has 4 heteroatoms. The normalized spacial score (nSPS) is 23.0. The summed E-state index contributed by atoms with van der Waals surface area (Å²) in [6.07, 6.45) is 0. The molecule has 2 aromatic rings. The number of thiocarbonyl (C=S) groups is 2. The van der Waals surface area contributed by atoms with Gasteiger partial charge in [0.1, 0.15) is 0 Å². The van der Waals surface area contributed by atoms with E-state index in [0.717, 1.165) is 9.98 Å². The van der Waals surface area contributed by atoms with Crippen LogP contribution in [0.1, 0.15) is 23.0 Å². The Labute approximate surface area is 141 Å². The molecule has 0 N–H and O–H groups in total. The van der Waals surface area contributed by atoms with Gasteiger partial charge < -0.3 is 9.80 Å². The second kappa shape index (κ2) is 4.86. The highest BCUT2D eigenvalue weighted by Gasteiger charge is 2.44. The van der Waals surface area contributed by atoms with Crippen molar-refractivity contribution in [3.05, 3.63) is 59.7 Å². The number of fused-ring (bicyclic) bond motifs is 2. The van der Waals surface area contributed by atoms with Crippen LogP contribution in [0.5, 0.6) is 0 Å². The van der Waals surface area contributed by atoms with Crippen LogP contribution in [0.15, 0.2) is 48.5 Å². The van der Waals surface area contributed by atoms with Crippen molar-refractivity contribution >= 4 is 45.8 Å². The van der Waals surface area contributed by atoms with Crippen molar-refractivity contribution in [1.29, 1.82) is 0 Å². The number of hydrogen-bond donors (Lipinski definition) is 0. The summed E-state index contributed by atoms with van der Waals surface area (Å²) in [5.74, 6) is 0.296. The van der Waals surface area contributed by atoms with E-state index in [9.17, 15) is 0 Å². The SMILES string of the molecule is CN1C(=S)[C@H]([C@H]2C(=S)N(C)c3ccccc32)c2ccccc21. The third-order valence-electron chi connectivity index (χ3n) is 4.79. The maximum absolute atomic E-state index is 5.77. The fourth-order valence-electron chi connectivity index (χ4n) is 3.68. The summed E-state index contributed by atoms with van der Waals surface area (Å²) in [5.41, 5.74) is 4.97. The van der Waals surface area contributed by atoms with E-state index in [0.29, 0.717) is 0 Å². The Balaban J connectivity index is 1.90. The van der Waals surface area contributed by atoms with Gasteiger partial charge >= 0.3 is 0 Å². The van der Waals surface area contributed by atoms with Crippen LogP contribution in [0.4, 0.5) is 11.4 Å². The lowest BCUT2D eigenvalue weighted by Crippen LogP contribution is -2.30. The molecule has 0 bridgehead atoms. The second-order valence-electron chi connectivity index (χ2n) is 5.87. The van der Waals surface area contributed by atoms with Gasteiger partial charge in [-0.3, -0.25) is 0 Å². The van der Waals surface area contributed by atoms with Gasteiger partial charge in [0.2, 0.25) is 0 Å². The lowest BCUT2D eigenvalue weighted by molar-refractivity contribution is 0.851. The molecule has 2 heterocycles. The first-order valence-electron chi connectivity index (χ1n) is 7.34. The van der Waals surface area contributed by atoms with Crippen LogP contribution in [0.2, 0.25) is 0 Å². The number of benzene rings is 2. The van der Waals surface area contributed by atoms with Crippen LogP contribution >= 0.6 is 24.4 Å². The van der Waals surface area contributed by atoms with Gasteiger partial charge in [-0.15, -0.1) is 0 Å². The van der Waals surface area contributed by atoms with Crippen LogP contribution in [0.3, 0.4) is 0 Å². The van der Waals surface area contributed by atoms with E-state index in [2.05, 4.69) is 72.4 Å². The second-order valence-corrected chi connectivity index (χ2v) is 6.70. The summed E-state index contributed by atoms with van der Waals surface area (Å²) >= 11 is 11.5. The topological polar surface area (TPSA) is 6.48 Å². The first-order valence-corrected chi connectivity index (χ1v) is 8.16. The van der Waals surface area contributed by atoms with Crippen molar-refractivity contribution in [2.45, 2.75) is 11.8 Å². The largest absolute Gasteiger partial charge is 0.338 e. The molecular weight excluding hydrogens is 308 g/mol. The van der Waals surface area contributed by atoms with Crippen molar-refractivity contribution in [2.24, 2.45) is 0 Å². The molecule has 0 aliphatic carbocycles. The molecule has 4 rings (SSSR count). The number of hydrogen-bond acceptors (Lipinski definition) is 2. The van der Waals surface area contributed by atoms with Gasteiger partial charge in [0, 0.05) is 25.5 Å². The summed E-state index contributed by atoms with van der Waals surface area (Å²) < 4.78 is 0. The minimum absolute atomic E-state index is 0.148. The monoisotopic (exact) mass is 324 g/mol. The Morgan fingerprint density at radius 2 is 1.05 bits per heavy atom. The van der Waals surface area contributed by atoms with E-state index in [1.54, 1.807) is 0 Å². The summed E-state index contributed by atoms with van der Waals surface area (Å²) in [7, 11) is 4.10. The highest BCUT2D eigenvalue weighted by atomic mass is 32.1. The van der Waals surface area contributed by atoms with Crippen LogP contribution in [0, 0.1) is 0 Å². The zero-order valence-electron chi connectivity index (χ0n) is 12.5. The third-order valence-corrected chi connectivity index (χ3v) is 5.85. The van der Waals surface area contributed by atoms with E-state index in [4.69, 9.17) is 24.4 Å². The van der Waals surface area contributed by atoms with Gasteiger partial charge in [-0.25, -0.2) is 0 Å². The minimum atomic E-state index is 0.148. The Morgan fingerprint density at radius 1 is 0.682 bits per heavy atom. The van der Waals surface area contributed by atoms with Crippen molar-refractivity contribution in [3.63, 3.8) is 0 Å². The molecule has 22 heavy (non-hydrogen) atoms. The van der Waals surface area contributed by atoms with Crippen LogP contribution < -0.4 is 9.80 Å². The number of nitrogens with zero attached hydrogens (tertiary/aromatic N) is 2. The molecule has 2 aliphatic rings. The number of rotatable bonds is 1. The number of para-hydroxylation sites is 2. The molecule has 0 amide bonds. The highest BCUT2D eigenvalue weighted by molar-refractivity contribution is 7.81. The highest BCUT2D eigenvalue weighted by Crippen LogP contribution is 2.50. The molecule has 0 saturated heterocycles. The molecule has 110 valence electrons. The fourth-order valence-corrected chi connectivity index (χ4v) is 4.40.